The molecule has 0 saturated heterocycles. The molecule has 1 aromatic carbocycles. The number of nitrogens with two attached hydrogens (primary N) is 1. The highest BCUT2D eigenvalue weighted by Crippen LogP contribution is 2.31. The van der Waals surface area contributed by atoms with E-state index in [1.165, 1.54) is 0 Å². The van der Waals surface area contributed by atoms with E-state index < -0.39 is 0 Å². The minimum Gasteiger partial charge on any atom is -0.325 e. The van der Waals surface area contributed by atoms with Crippen LogP contribution in [0.2, 0.25) is 0 Å². The second-order valence-corrected chi connectivity index (χ2v) is 5.36. The number of rotatable bonds is 3. The summed E-state index contributed by atoms with van der Waals surface area (Å²) in [7, 11) is 1.73. The predicted octanol–water partition coefficient (Wildman–Crippen LogP) is 2.18. The van der Waals surface area contributed by atoms with Gasteiger partial charge < -0.3 is 10.6 Å². The fourth-order valence-electron chi connectivity index (χ4n) is 2.60. The summed E-state index contributed by atoms with van der Waals surface area (Å²) in [4.78, 5) is 13.9. The zero-order valence-corrected chi connectivity index (χ0v) is 11.2. The molecule has 2 N–H and O–H groups in total. The van der Waals surface area contributed by atoms with Gasteiger partial charge in [-0.3, -0.25) is 4.79 Å². The van der Waals surface area contributed by atoms with E-state index in [9.17, 15) is 4.79 Å². The van der Waals surface area contributed by atoms with Crippen LogP contribution in [-0.2, 0) is 4.79 Å². The summed E-state index contributed by atoms with van der Waals surface area (Å²) >= 11 is 0. The van der Waals surface area contributed by atoms with Crippen LogP contribution in [0, 0.1) is 11.3 Å². The molecule has 1 amide bonds. The molecular weight excluding hydrogens is 238 g/mol. The van der Waals surface area contributed by atoms with Crippen LogP contribution in [0.1, 0.15) is 37.7 Å². The lowest BCUT2D eigenvalue weighted by Crippen LogP contribution is -2.42. The zero-order valence-electron chi connectivity index (χ0n) is 11.2. The number of hydrogen-bond acceptors (Lipinski definition) is 3. The third kappa shape index (κ3) is 3.12. The first-order valence-corrected chi connectivity index (χ1v) is 6.60. The van der Waals surface area contributed by atoms with Gasteiger partial charge >= 0.3 is 0 Å². The fourth-order valence-corrected chi connectivity index (χ4v) is 2.60. The minimum absolute atomic E-state index is 0.0134. The number of nitrogens with zero attached hydrogens (tertiary/aromatic N) is 2. The highest BCUT2D eigenvalue weighted by molar-refractivity contribution is 5.93. The second-order valence-electron chi connectivity index (χ2n) is 5.36. The molecule has 1 saturated carbocycles. The highest BCUT2D eigenvalue weighted by atomic mass is 16.2. The van der Waals surface area contributed by atoms with Crippen LogP contribution in [0.4, 0.5) is 5.69 Å². The average Bonchev–Trinajstić information content (AvgIpc) is 2.84. The molecule has 0 spiro atoms. The van der Waals surface area contributed by atoms with Gasteiger partial charge in [0.25, 0.3) is 0 Å². The van der Waals surface area contributed by atoms with Crippen LogP contribution in [0.5, 0.6) is 0 Å². The van der Waals surface area contributed by atoms with Gasteiger partial charge in [-0.15, -0.1) is 0 Å². The maximum atomic E-state index is 12.3. The molecule has 19 heavy (non-hydrogen) atoms. The normalized spacial score (nSPS) is 16.9. The summed E-state index contributed by atoms with van der Waals surface area (Å²) in [6, 6.07) is 9.14. The lowest BCUT2D eigenvalue weighted by molar-refractivity contribution is -0.119. The Hall–Kier alpha value is -1.86. The maximum Gasteiger partial charge on any atom is 0.228 e. The number of amides is 1. The van der Waals surface area contributed by atoms with Crippen molar-refractivity contribution < 1.29 is 4.79 Å². The van der Waals surface area contributed by atoms with Crippen LogP contribution < -0.4 is 10.6 Å². The van der Waals surface area contributed by atoms with E-state index in [1.54, 1.807) is 30.1 Å². The minimum atomic E-state index is -0.335. The van der Waals surface area contributed by atoms with Gasteiger partial charge in [-0.1, -0.05) is 18.9 Å². The molecule has 1 aliphatic carbocycles. The van der Waals surface area contributed by atoms with Gasteiger partial charge in [0.2, 0.25) is 5.91 Å². The molecule has 0 aromatic heterocycles. The molecule has 0 radical (unpaired) electrons. The van der Waals surface area contributed by atoms with E-state index in [-0.39, 0.29) is 11.4 Å². The van der Waals surface area contributed by atoms with Crippen molar-refractivity contribution in [2.45, 2.75) is 37.6 Å². The van der Waals surface area contributed by atoms with Crippen LogP contribution in [0.15, 0.2) is 24.3 Å². The topological polar surface area (TPSA) is 70.1 Å². The number of benzene rings is 1. The summed E-state index contributed by atoms with van der Waals surface area (Å²) < 4.78 is 0. The van der Waals surface area contributed by atoms with Gasteiger partial charge in [0.05, 0.1) is 11.6 Å². The monoisotopic (exact) mass is 257 g/mol. The lowest BCUT2D eigenvalue weighted by Gasteiger charge is -2.26. The summed E-state index contributed by atoms with van der Waals surface area (Å²) in [5, 5.41) is 8.88. The highest BCUT2D eigenvalue weighted by Gasteiger charge is 2.32. The number of carbonyl (C=O) groups is 1. The Morgan fingerprint density at radius 2 is 2.16 bits per heavy atom. The molecule has 4 nitrogen and oxygen atoms in total. The number of carbonyl (C=O) groups excluding carboxylic acids is 1. The Morgan fingerprint density at radius 1 is 1.47 bits per heavy atom. The smallest absolute Gasteiger partial charge is 0.228 e. The summed E-state index contributed by atoms with van der Waals surface area (Å²) in [5.74, 6) is 0.0134. The molecule has 1 fully saturated rings. The molecular formula is C15H19N3O. The van der Waals surface area contributed by atoms with Gasteiger partial charge in [0, 0.05) is 24.7 Å². The van der Waals surface area contributed by atoms with E-state index in [0.717, 1.165) is 31.4 Å². The fraction of sp³-hybridized carbons (Fsp3) is 0.467. The maximum absolute atomic E-state index is 12.3. The summed E-state index contributed by atoms with van der Waals surface area (Å²) in [6.07, 6.45) is 4.44. The van der Waals surface area contributed by atoms with Crippen molar-refractivity contribution in [3.05, 3.63) is 29.8 Å². The third-order valence-corrected chi connectivity index (χ3v) is 3.84. The average molecular weight is 257 g/mol. The molecule has 100 valence electrons. The van der Waals surface area contributed by atoms with Crippen molar-refractivity contribution in [1.82, 2.24) is 0 Å². The lowest BCUT2D eigenvalue weighted by atomic mass is 9.94. The van der Waals surface area contributed by atoms with Crippen LogP contribution in [0.3, 0.4) is 0 Å². The molecule has 0 bridgehead atoms. The molecule has 2 rings (SSSR count). The number of nitriles is 1. The van der Waals surface area contributed by atoms with E-state index in [4.69, 9.17) is 11.0 Å². The number of hydrogen-bond donors (Lipinski definition) is 1. The second kappa shape index (κ2) is 5.41. The molecule has 0 aliphatic heterocycles. The van der Waals surface area contributed by atoms with E-state index in [2.05, 4.69) is 6.07 Å². The van der Waals surface area contributed by atoms with Gasteiger partial charge in [0.1, 0.15) is 0 Å². The van der Waals surface area contributed by atoms with Crippen LogP contribution >= 0.6 is 0 Å². The van der Waals surface area contributed by atoms with Gasteiger partial charge in [-0.25, -0.2) is 0 Å². The summed E-state index contributed by atoms with van der Waals surface area (Å²) in [6.45, 7) is 0. The first-order chi connectivity index (χ1) is 9.04. The largest absolute Gasteiger partial charge is 0.325 e. The first kappa shape index (κ1) is 13.6. The van der Waals surface area contributed by atoms with Gasteiger partial charge in [-0.2, -0.15) is 5.26 Å². The van der Waals surface area contributed by atoms with Crippen molar-refractivity contribution in [3.63, 3.8) is 0 Å². The van der Waals surface area contributed by atoms with Crippen LogP contribution in [-0.4, -0.2) is 18.5 Å². The standard InChI is InChI=1S/C15H19N3O/c1-18(13-6-4-5-12(9-13)11-16)14(19)10-15(17)7-2-3-8-15/h4-6,9H,2-3,7-8,10,17H2,1H3. The zero-order chi connectivity index (χ0) is 13.9. The van der Waals surface area contributed by atoms with Crippen LogP contribution in [0.25, 0.3) is 0 Å². The molecule has 1 aliphatic rings. The summed E-state index contributed by atoms with van der Waals surface area (Å²) in [5.41, 5.74) is 7.19. The van der Waals surface area contributed by atoms with Crippen molar-refractivity contribution in [2.75, 3.05) is 11.9 Å². The number of anilines is 1. The van der Waals surface area contributed by atoms with Crippen molar-refractivity contribution in [1.29, 1.82) is 5.26 Å². The Labute approximate surface area is 113 Å². The van der Waals surface area contributed by atoms with E-state index in [1.807, 2.05) is 6.07 Å². The van der Waals surface area contributed by atoms with Crippen molar-refractivity contribution >= 4 is 11.6 Å². The van der Waals surface area contributed by atoms with Gasteiger partial charge in [0.15, 0.2) is 0 Å². The Morgan fingerprint density at radius 3 is 2.79 bits per heavy atom. The first-order valence-electron chi connectivity index (χ1n) is 6.60. The van der Waals surface area contributed by atoms with Gasteiger partial charge in [-0.05, 0) is 31.0 Å². The van der Waals surface area contributed by atoms with Crippen molar-refractivity contribution in [3.8, 4) is 6.07 Å². The molecule has 1 aromatic rings. The van der Waals surface area contributed by atoms with E-state index >= 15 is 0 Å². The molecule has 0 atom stereocenters. The Balaban J connectivity index is 2.08. The Bertz CT molecular complexity index is 512. The molecule has 0 unspecified atom stereocenters. The third-order valence-electron chi connectivity index (χ3n) is 3.84. The molecule has 4 heteroatoms. The van der Waals surface area contributed by atoms with Crippen molar-refractivity contribution in [2.24, 2.45) is 5.73 Å². The Kier molecular flexibility index (Phi) is 3.87. The van der Waals surface area contributed by atoms with E-state index in [0.29, 0.717) is 12.0 Å². The predicted molar refractivity (Wildman–Crippen MR) is 74.6 cm³/mol. The quantitative estimate of drug-likeness (QED) is 0.902. The molecule has 0 heterocycles. The SMILES string of the molecule is CN(C(=O)CC1(N)CCCC1)c1cccc(C#N)c1.